The molecule has 3 N–H and O–H groups in total. The molecular formula is C22H27N4O3+. The fourth-order valence-electron chi connectivity index (χ4n) is 3.16. The summed E-state index contributed by atoms with van der Waals surface area (Å²) in [5, 5.41) is 6.91. The molecule has 1 aliphatic heterocycles. The lowest BCUT2D eigenvalue weighted by Gasteiger charge is -2.23. The third-order valence-electron chi connectivity index (χ3n) is 4.82. The number of hydrazone groups is 1. The van der Waals surface area contributed by atoms with Crippen LogP contribution in [0.2, 0.25) is 0 Å². The van der Waals surface area contributed by atoms with Gasteiger partial charge in [-0.25, -0.2) is 5.43 Å². The van der Waals surface area contributed by atoms with Crippen LogP contribution in [0.1, 0.15) is 35.3 Å². The van der Waals surface area contributed by atoms with Gasteiger partial charge in [0.15, 0.2) is 0 Å². The van der Waals surface area contributed by atoms with Gasteiger partial charge in [-0.15, -0.1) is 0 Å². The van der Waals surface area contributed by atoms with Crippen LogP contribution < -0.4 is 15.6 Å². The van der Waals surface area contributed by atoms with Crippen molar-refractivity contribution in [3.63, 3.8) is 0 Å². The van der Waals surface area contributed by atoms with Crippen LogP contribution in [0.4, 0.5) is 5.69 Å². The number of carbonyl (C=O) groups excluding carboxylic acids is 2. The maximum absolute atomic E-state index is 12.4. The lowest BCUT2D eigenvalue weighted by Crippen LogP contribution is -3.12. The van der Waals surface area contributed by atoms with Gasteiger partial charge in [-0.3, -0.25) is 9.59 Å². The smallest absolute Gasteiger partial charge is 0.271 e. The molecule has 0 aliphatic carbocycles. The fourth-order valence-corrected chi connectivity index (χ4v) is 3.16. The number of morpholine rings is 1. The molecule has 2 amide bonds. The number of nitrogens with zero attached hydrogens (tertiary/aromatic N) is 1. The molecule has 1 saturated heterocycles. The highest BCUT2D eigenvalue weighted by Crippen LogP contribution is 2.10. The van der Waals surface area contributed by atoms with E-state index in [1.165, 1.54) is 17.4 Å². The normalized spacial score (nSPS) is 15.0. The van der Waals surface area contributed by atoms with Gasteiger partial charge < -0.3 is 15.0 Å². The first-order valence-corrected chi connectivity index (χ1v) is 9.74. The Bertz CT molecular complexity index is 870. The molecule has 7 heteroatoms. The Morgan fingerprint density at radius 3 is 2.21 bits per heavy atom. The van der Waals surface area contributed by atoms with Crippen LogP contribution in [0.3, 0.4) is 0 Å². The highest BCUT2D eigenvalue weighted by Gasteiger charge is 2.14. The molecule has 29 heavy (non-hydrogen) atoms. The Morgan fingerprint density at radius 2 is 1.59 bits per heavy atom. The third-order valence-corrected chi connectivity index (χ3v) is 4.82. The van der Waals surface area contributed by atoms with Crippen LogP contribution >= 0.6 is 0 Å². The Balaban J connectivity index is 1.55. The van der Waals surface area contributed by atoms with Crippen molar-refractivity contribution in [2.75, 3.05) is 31.6 Å². The van der Waals surface area contributed by atoms with Gasteiger partial charge in [0.05, 0.1) is 18.9 Å². The molecule has 0 unspecified atom stereocenters. The van der Waals surface area contributed by atoms with Crippen LogP contribution in [0.15, 0.2) is 53.6 Å². The minimum Gasteiger partial charge on any atom is -0.370 e. The maximum atomic E-state index is 12.4. The first kappa shape index (κ1) is 20.7. The van der Waals surface area contributed by atoms with Gasteiger partial charge in [0.1, 0.15) is 19.6 Å². The monoisotopic (exact) mass is 395 g/mol. The summed E-state index contributed by atoms with van der Waals surface area (Å²) in [5.74, 6) is -0.364. The molecule has 2 aromatic carbocycles. The van der Waals surface area contributed by atoms with E-state index in [-0.39, 0.29) is 11.8 Å². The second kappa shape index (κ2) is 9.95. The summed E-state index contributed by atoms with van der Waals surface area (Å²) >= 11 is 0. The summed E-state index contributed by atoms with van der Waals surface area (Å²) in [7, 11) is 0. The molecule has 3 rings (SSSR count). The van der Waals surface area contributed by atoms with Gasteiger partial charge in [-0.1, -0.05) is 24.3 Å². The van der Waals surface area contributed by atoms with E-state index < -0.39 is 0 Å². The molecule has 0 bridgehead atoms. The Hall–Kier alpha value is -3.03. The number of benzene rings is 2. The van der Waals surface area contributed by atoms with Crippen LogP contribution in [-0.2, 0) is 16.1 Å². The van der Waals surface area contributed by atoms with Crippen molar-refractivity contribution in [2.45, 2.75) is 20.4 Å². The molecular weight excluding hydrogens is 368 g/mol. The van der Waals surface area contributed by atoms with Crippen LogP contribution in [-0.4, -0.2) is 43.8 Å². The van der Waals surface area contributed by atoms with E-state index >= 15 is 0 Å². The summed E-state index contributed by atoms with van der Waals surface area (Å²) in [6.45, 7) is 7.88. The molecule has 0 saturated carbocycles. The third kappa shape index (κ3) is 6.23. The van der Waals surface area contributed by atoms with Crippen LogP contribution in [0.25, 0.3) is 0 Å². The second-order valence-electron chi connectivity index (χ2n) is 7.13. The van der Waals surface area contributed by atoms with Crippen molar-refractivity contribution in [1.29, 1.82) is 0 Å². The zero-order chi connectivity index (χ0) is 20.6. The summed E-state index contributed by atoms with van der Waals surface area (Å²) in [6.07, 6.45) is 0. The number of anilines is 1. The van der Waals surface area contributed by atoms with Gasteiger partial charge in [0.25, 0.3) is 5.91 Å². The molecule has 0 radical (unpaired) electrons. The Labute approximate surface area is 170 Å². The zero-order valence-corrected chi connectivity index (χ0v) is 16.8. The number of hydrogen-bond donors (Lipinski definition) is 3. The zero-order valence-electron chi connectivity index (χ0n) is 16.8. The summed E-state index contributed by atoms with van der Waals surface area (Å²) < 4.78 is 5.38. The molecule has 2 aromatic rings. The highest BCUT2D eigenvalue weighted by molar-refractivity contribution is 6.01. The first-order valence-electron chi connectivity index (χ1n) is 9.74. The van der Waals surface area contributed by atoms with E-state index in [0.717, 1.165) is 44.1 Å². The Morgan fingerprint density at radius 1 is 0.966 bits per heavy atom. The van der Waals surface area contributed by atoms with Gasteiger partial charge in [-0.05, 0) is 36.8 Å². The van der Waals surface area contributed by atoms with Crippen molar-refractivity contribution < 1.29 is 19.2 Å². The molecule has 7 nitrogen and oxygen atoms in total. The van der Waals surface area contributed by atoms with E-state index in [1.54, 1.807) is 12.1 Å². The van der Waals surface area contributed by atoms with Crippen molar-refractivity contribution in [2.24, 2.45) is 5.10 Å². The summed E-state index contributed by atoms with van der Waals surface area (Å²) in [5.41, 5.74) is 6.65. The summed E-state index contributed by atoms with van der Waals surface area (Å²) in [4.78, 5) is 24.9. The number of quaternary nitrogens is 1. The summed E-state index contributed by atoms with van der Waals surface area (Å²) in [6, 6.07) is 14.9. The molecule has 1 heterocycles. The molecule has 0 spiro atoms. The lowest BCUT2D eigenvalue weighted by molar-refractivity contribution is -0.921. The van der Waals surface area contributed by atoms with E-state index in [2.05, 4.69) is 15.8 Å². The second-order valence-corrected chi connectivity index (χ2v) is 7.13. The number of hydrogen-bond acceptors (Lipinski definition) is 4. The quantitative estimate of drug-likeness (QED) is 0.508. The van der Waals surface area contributed by atoms with E-state index in [0.29, 0.717) is 11.3 Å². The fraction of sp³-hybridized carbons (Fsp3) is 0.318. The molecule has 0 atom stereocenters. The number of ether oxygens (including phenoxy) is 1. The number of carbonyl (C=O) groups is 2. The lowest BCUT2D eigenvalue weighted by atomic mass is 10.1. The van der Waals surface area contributed by atoms with Gasteiger partial charge in [0.2, 0.25) is 5.91 Å². The average molecular weight is 395 g/mol. The molecule has 1 aliphatic rings. The minimum atomic E-state index is -0.246. The van der Waals surface area contributed by atoms with Crippen molar-refractivity contribution in [3.8, 4) is 0 Å². The SMILES string of the molecule is CC(=O)Nc1ccc(/C(C)=N\NC(=O)c2ccc(C[NH+]3CCOCC3)cc2)cc1. The molecule has 152 valence electrons. The van der Waals surface area contributed by atoms with Crippen molar-refractivity contribution in [1.82, 2.24) is 5.43 Å². The maximum Gasteiger partial charge on any atom is 0.271 e. The van der Waals surface area contributed by atoms with Gasteiger partial charge in [-0.2, -0.15) is 5.10 Å². The largest absolute Gasteiger partial charge is 0.370 e. The van der Waals surface area contributed by atoms with Crippen LogP contribution in [0.5, 0.6) is 0 Å². The number of nitrogens with one attached hydrogen (secondary N) is 3. The van der Waals surface area contributed by atoms with E-state index in [9.17, 15) is 9.59 Å². The van der Waals surface area contributed by atoms with Crippen LogP contribution in [0, 0.1) is 0 Å². The standard InChI is InChI=1S/C22H26N4O3/c1-16(19-7-9-21(10-8-19)23-17(2)27)24-25-22(28)20-5-3-18(4-6-20)15-26-11-13-29-14-12-26/h3-10H,11-15H2,1-2H3,(H,23,27)(H,25,28)/p+1/b24-16-. The van der Waals surface area contributed by atoms with Gasteiger partial charge >= 0.3 is 0 Å². The number of rotatable bonds is 6. The minimum absolute atomic E-state index is 0.118. The Kier molecular flexibility index (Phi) is 7.10. The predicted octanol–water partition coefficient (Wildman–Crippen LogP) is 1.21. The predicted molar refractivity (Wildman–Crippen MR) is 112 cm³/mol. The number of amides is 2. The molecule has 1 fully saturated rings. The topological polar surface area (TPSA) is 84.2 Å². The highest BCUT2D eigenvalue weighted by atomic mass is 16.5. The van der Waals surface area contributed by atoms with Crippen molar-refractivity contribution >= 4 is 23.2 Å². The first-order chi connectivity index (χ1) is 14.0. The van der Waals surface area contributed by atoms with Gasteiger partial charge in [0, 0.05) is 23.7 Å². The van der Waals surface area contributed by atoms with Crippen molar-refractivity contribution in [3.05, 3.63) is 65.2 Å². The van der Waals surface area contributed by atoms with E-state index in [1.807, 2.05) is 43.3 Å². The average Bonchev–Trinajstić information content (AvgIpc) is 2.73. The van der Waals surface area contributed by atoms with E-state index in [4.69, 9.17) is 4.74 Å². The molecule has 0 aromatic heterocycles.